The molecule has 0 radical (unpaired) electrons. The maximum Gasteiger partial charge on any atom is 0.256 e. The fourth-order valence-electron chi connectivity index (χ4n) is 2.08. The molecule has 2 rings (SSSR count). The number of aryl methyl sites for hydroxylation is 1. The van der Waals surface area contributed by atoms with Gasteiger partial charge in [-0.25, -0.2) is 4.39 Å². The Balaban J connectivity index is 2.10. The quantitative estimate of drug-likeness (QED) is 0.938. The molecule has 3 nitrogen and oxygen atoms in total. The molecule has 0 aliphatic rings. The summed E-state index contributed by atoms with van der Waals surface area (Å²) in [5.74, 6) is -1.12. The number of hydrogen-bond acceptors (Lipinski definition) is 2. The summed E-state index contributed by atoms with van der Waals surface area (Å²) in [5, 5.41) is 2.92. The molecule has 1 unspecified atom stereocenters. The lowest BCUT2D eigenvalue weighted by Crippen LogP contribution is -2.34. The molecule has 1 aromatic carbocycles. The Hall–Kier alpha value is -1.94. The third kappa shape index (κ3) is 3.79. The summed E-state index contributed by atoms with van der Waals surface area (Å²) in [6.45, 7) is 3.59. The van der Waals surface area contributed by atoms with E-state index in [0.29, 0.717) is 12.0 Å². The van der Waals surface area contributed by atoms with Gasteiger partial charge in [0.15, 0.2) is 0 Å². The molecule has 2 aromatic rings. The van der Waals surface area contributed by atoms with Crippen molar-refractivity contribution < 1.29 is 9.18 Å². The second-order valence-electron chi connectivity index (χ2n) is 4.99. The molecule has 1 amide bonds. The number of halogens is 2. The van der Waals surface area contributed by atoms with Crippen LogP contribution in [0.4, 0.5) is 4.39 Å². The predicted octanol–water partition coefficient (Wildman–Crippen LogP) is 3.54. The number of carbonyl (C=O) groups is 1. The van der Waals surface area contributed by atoms with E-state index in [-0.39, 0.29) is 16.6 Å². The molecular formula is C16H16ClFN2O. The SMILES string of the molecule is Cc1ccc(F)c(C(=O)NC(C)Cc2cccnc2)c1Cl. The van der Waals surface area contributed by atoms with Crippen molar-refractivity contribution in [2.45, 2.75) is 26.3 Å². The molecule has 110 valence electrons. The summed E-state index contributed by atoms with van der Waals surface area (Å²) in [4.78, 5) is 16.2. The number of pyridine rings is 1. The minimum Gasteiger partial charge on any atom is -0.349 e. The van der Waals surface area contributed by atoms with E-state index in [4.69, 9.17) is 11.6 Å². The smallest absolute Gasteiger partial charge is 0.256 e. The maximum absolute atomic E-state index is 13.8. The highest BCUT2D eigenvalue weighted by molar-refractivity contribution is 6.34. The molecule has 0 bridgehead atoms. The van der Waals surface area contributed by atoms with Crippen LogP contribution in [0.3, 0.4) is 0 Å². The standard InChI is InChI=1S/C16H16ClFN2O/c1-10-5-6-13(18)14(15(10)17)16(21)20-11(2)8-12-4-3-7-19-9-12/h3-7,9,11H,8H2,1-2H3,(H,20,21). The van der Waals surface area contributed by atoms with Gasteiger partial charge in [0.2, 0.25) is 0 Å². The van der Waals surface area contributed by atoms with E-state index in [9.17, 15) is 9.18 Å². The van der Waals surface area contributed by atoms with Crippen molar-refractivity contribution >= 4 is 17.5 Å². The highest BCUT2D eigenvalue weighted by Crippen LogP contribution is 2.23. The van der Waals surface area contributed by atoms with E-state index < -0.39 is 11.7 Å². The zero-order chi connectivity index (χ0) is 15.4. The number of hydrogen-bond donors (Lipinski definition) is 1. The van der Waals surface area contributed by atoms with Gasteiger partial charge < -0.3 is 5.32 Å². The second-order valence-corrected chi connectivity index (χ2v) is 5.37. The van der Waals surface area contributed by atoms with Crippen LogP contribution < -0.4 is 5.32 Å². The van der Waals surface area contributed by atoms with Crippen molar-refractivity contribution in [1.82, 2.24) is 10.3 Å². The van der Waals surface area contributed by atoms with Crippen LogP contribution in [0.1, 0.15) is 28.4 Å². The van der Waals surface area contributed by atoms with Crippen LogP contribution in [0.15, 0.2) is 36.7 Å². The van der Waals surface area contributed by atoms with Gasteiger partial charge in [0.05, 0.1) is 10.6 Å². The molecule has 1 atom stereocenters. The molecule has 0 saturated heterocycles. The fourth-order valence-corrected chi connectivity index (χ4v) is 2.32. The van der Waals surface area contributed by atoms with Crippen LogP contribution in [0.25, 0.3) is 0 Å². The monoisotopic (exact) mass is 306 g/mol. The van der Waals surface area contributed by atoms with Crippen molar-refractivity contribution in [3.05, 3.63) is 64.2 Å². The lowest BCUT2D eigenvalue weighted by molar-refractivity contribution is 0.0936. The fraction of sp³-hybridized carbons (Fsp3) is 0.250. The normalized spacial score (nSPS) is 12.0. The molecule has 0 fully saturated rings. The summed E-state index contributed by atoms with van der Waals surface area (Å²) in [7, 11) is 0. The minimum absolute atomic E-state index is 0.102. The van der Waals surface area contributed by atoms with Crippen molar-refractivity contribution in [2.24, 2.45) is 0 Å². The van der Waals surface area contributed by atoms with E-state index >= 15 is 0 Å². The number of nitrogens with one attached hydrogen (secondary N) is 1. The highest BCUT2D eigenvalue weighted by Gasteiger charge is 2.19. The molecule has 21 heavy (non-hydrogen) atoms. The molecule has 1 aromatic heterocycles. The Morgan fingerprint density at radius 1 is 1.43 bits per heavy atom. The van der Waals surface area contributed by atoms with Gasteiger partial charge in [-0.05, 0) is 43.5 Å². The van der Waals surface area contributed by atoms with Crippen LogP contribution in [0, 0.1) is 12.7 Å². The summed E-state index contributed by atoms with van der Waals surface area (Å²) >= 11 is 6.03. The second kappa shape index (κ2) is 6.68. The molecule has 0 saturated carbocycles. The molecule has 1 N–H and O–H groups in total. The molecule has 0 spiro atoms. The number of aromatic nitrogens is 1. The Bertz CT molecular complexity index is 646. The first-order chi connectivity index (χ1) is 9.99. The zero-order valence-electron chi connectivity index (χ0n) is 11.9. The van der Waals surface area contributed by atoms with E-state index in [2.05, 4.69) is 10.3 Å². The summed E-state index contributed by atoms with van der Waals surface area (Å²) in [6.07, 6.45) is 4.04. The summed E-state index contributed by atoms with van der Waals surface area (Å²) in [6, 6.07) is 6.41. The van der Waals surface area contributed by atoms with Crippen molar-refractivity contribution in [2.75, 3.05) is 0 Å². The van der Waals surface area contributed by atoms with Crippen LogP contribution in [-0.2, 0) is 6.42 Å². The van der Waals surface area contributed by atoms with E-state index in [1.54, 1.807) is 25.4 Å². The first-order valence-electron chi connectivity index (χ1n) is 6.63. The maximum atomic E-state index is 13.8. The van der Waals surface area contributed by atoms with Gasteiger partial charge in [-0.3, -0.25) is 9.78 Å². The third-order valence-corrected chi connectivity index (χ3v) is 3.64. The van der Waals surface area contributed by atoms with Gasteiger partial charge in [-0.1, -0.05) is 23.7 Å². The lowest BCUT2D eigenvalue weighted by Gasteiger charge is -2.15. The summed E-state index contributed by atoms with van der Waals surface area (Å²) < 4.78 is 13.8. The first-order valence-corrected chi connectivity index (χ1v) is 7.01. The Kier molecular flexibility index (Phi) is 4.91. The molecular weight excluding hydrogens is 291 g/mol. The van der Waals surface area contributed by atoms with Crippen molar-refractivity contribution in [3.8, 4) is 0 Å². The number of benzene rings is 1. The number of carbonyl (C=O) groups excluding carboxylic acids is 1. The van der Waals surface area contributed by atoms with Crippen molar-refractivity contribution in [1.29, 1.82) is 0 Å². The van der Waals surface area contributed by atoms with E-state index in [0.717, 1.165) is 5.56 Å². The van der Waals surface area contributed by atoms with Gasteiger partial charge >= 0.3 is 0 Å². The molecule has 0 aliphatic carbocycles. The van der Waals surface area contributed by atoms with Gasteiger partial charge in [0, 0.05) is 18.4 Å². The number of nitrogens with zero attached hydrogens (tertiary/aromatic N) is 1. The highest BCUT2D eigenvalue weighted by atomic mass is 35.5. The van der Waals surface area contributed by atoms with Crippen LogP contribution in [-0.4, -0.2) is 16.9 Å². The van der Waals surface area contributed by atoms with Crippen LogP contribution >= 0.6 is 11.6 Å². The molecule has 5 heteroatoms. The number of amides is 1. The molecule has 1 heterocycles. The average molecular weight is 307 g/mol. The Morgan fingerprint density at radius 3 is 2.86 bits per heavy atom. The average Bonchev–Trinajstić information content (AvgIpc) is 2.44. The zero-order valence-corrected chi connectivity index (χ0v) is 12.6. The van der Waals surface area contributed by atoms with Gasteiger partial charge in [-0.15, -0.1) is 0 Å². The van der Waals surface area contributed by atoms with Gasteiger partial charge in [0.1, 0.15) is 5.82 Å². The lowest BCUT2D eigenvalue weighted by atomic mass is 10.1. The predicted molar refractivity (Wildman–Crippen MR) is 81.0 cm³/mol. The van der Waals surface area contributed by atoms with Crippen molar-refractivity contribution in [3.63, 3.8) is 0 Å². The minimum atomic E-state index is -0.614. The summed E-state index contributed by atoms with van der Waals surface area (Å²) in [5.41, 5.74) is 1.57. The largest absolute Gasteiger partial charge is 0.349 e. The topological polar surface area (TPSA) is 42.0 Å². The Labute approximate surface area is 128 Å². The van der Waals surface area contributed by atoms with E-state index in [1.807, 2.05) is 19.1 Å². The van der Waals surface area contributed by atoms with Gasteiger partial charge in [0.25, 0.3) is 5.91 Å². The first kappa shape index (κ1) is 15.4. The Morgan fingerprint density at radius 2 is 2.19 bits per heavy atom. The third-order valence-electron chi connectivity index (χ3n) is 3.15. The van der Waals surface area contributed by atoms with Gasteiger partial charge in [-0.2, -0.15) is 0 Å². The van der Waals surface area contributed by atoms with Crippen LogP contribution in [0.5, 0.6) is 0 Å². The molecule has 0 aliphatic heterocycles. The van der Waals surface area contributed by atoms with Crippen LogP contribution in [0.2, 0.25) is 5.02 Å². The number of rotatable bonds is 4. The van der Waals surface area contributed by atoms with E-state index in [1.165, 1.54) is 6.07 Å².